The quantitative estimate of drug-likeness (QED) is 0.880. The molecule has 0 aliphatic heterocycles. The molecule has 0 unspecified atom stereocenters. The smallest absolute Gasteiger partial charge is 0.0546 e. The fourth-order valence-corrected chi connectivity index (χ4v) is 2.15. The molecule has 2 rings (SSSR count). The molecule has 0 amide bonds. The number of hydrogen-bond acceptors (Lipinski definition) is 2. The average molecular weight is 270 g/mol. The Balaban J connectivity index is 1.67. The summed E-state index contributed by atoms with van der Waals surface area (Å²) in [6, 6.07) is 8.35. The molecule has 1 saturated carbocycles. The summed E-state index contributed by atoms with van der Waals surface area (Å²) in [7, 11) is 0. The number of hydrogen-bond donors (Lipinski definition) is 2. The van der Waals surface area contributed by atoms with E-state index >= 15 is 0 Å². The summed E-state index contributed by atoms with van der Waals surface area (Å²) in [4.78, 5) is 0. The van der Waals surface area contributed by atoms with Crippen LogP contribution in [0.5, 0.6) is 0 Å². The fraction of sp³-hybridized carbons (Fsp3) is 0.500. The first-order chi connectivity index (χ1) is 7.24. The summed E-state index contributed by atoms with van der Waals surface area (Å²) >= 11 is 3.42. The zero-order valence-electron chi connectivity index (χ0n) is 8.62. The molecule has 0 bridgehead atoms. The molecule has 2 N–H and O–H groups in total. The van der Waals surface area contributed by atoms with Gasteiger partial charge in [0.2, 0.25) is 0 Å². The van der Waals surface area contributed by atoms with Gasteiger partial charge in [0.1, 0.15) is 0 Å². The van der Waals surface area contributed by atoms with Crippen molar-refractivity contribution in [2.45, 2.75) is 25.5 Å². The normalized spacial score (nSPS) is 24.9. The van der Waals surface area contributed by atoms with E-state index in [2.05, 4.69) is 45.5 Å². The van der Waals surface area contributed by atoms with Gasteiger partial charge in [-0.2, -0.15) is 0 Å². The Morgan fingerprint density at radius 2 is 1.93 bits per heavy atom. The van der Waals surface area contributed by atoms with Crippen molar-refractivity contribution in [3.05, 3.63) is 34.3 Å². The standard InChI is InChI=1S/C12H16BrNO/c13-11-3-1-9(2-4-11)7-14-8-10-5-12(15)6-10/h1-4,10,12,14-15H,5-8H2. The molecule has 0 atom stereocenters. The van der Waals surface area contributed by atoms with Crippen molar-refractivity contribution in [3.8, 4) is 0 Å². The van der Waals surface area contributed by atoms with Crippen LogP contribution in [0.1, 0.15) is 18.4 Å². The second kappa shape index (κ2) is 5.10. The molecule has 3 heteroatoms. The summed E-state index contributed by atoms with van der Waals surface area (Å²) < 4.78 is 1.12. The zero-order valence-corrected chi connectivity index (χ0v) is 10.2. The lowest BCUT2D eigenvalue weighted by atomic mass is 9.82. The van der Waals surface area contributed by atoms with E-state index in [1.807, 2.05) is 0 Å². The fourth-order valence-electron chi connectivity index (χ4n) is 1.89. The maximum absolute atomic E-state index is 9.13. The third-order valence-electron chi connectivity index (χ3n) is 2.89. The highest BCUT2D eigenvalue weighted by Crippen LogP contribution is 2.26. The molecule has 1 aromatic rings. The van der Waals surface area contributed by atoms with Crippen molar-refractivity contribution in [1.29, 1.82) is 0 Å². The molecule has 1 aromatic carbocycles. The summed E-state index contributed by atoms with van der Waals surface area (Å²) in [5.74, 6) is 0.676. The van der Waals surface area contributed by atoms with E-state index in [0.717, 1.165) is 30.4 Å². The molecular weight excluding hydrogens is 254 g/mol. The number of aliphatic hydroxyl groups excluding tert-OH is 1. The van der Waals surface area contributed by atoms with Crippen molar-refractivity contribution < 1.29 is 5.11 Å². The molecule has 2 nitrogen and oxygen atoms in total. The van der Waals surface area contributed by atoms with Gasteiger partial charge in [-0.05, 0) is 43.0 Å². The van der Waals surface area contributed by atoms with E-state index in [4.69, 9.17) is 5.11 Å². The molecule has 0 heterocycles. The molecular formula is C12H16BrNO. The molecule has 1 fully saturated rings. The second-order valence-corrected chi connectivity index (χ2v) is 5.16. The molecule has 15 heavy (non-hydrogen) atoms. The Hall–Kier alpha value is -0.380. The zero-order chi connectivity index (χ0) is 10.7. The lowest BCUT2D eigenvalue weighted by molar-refractivity contribution is 0.0430. The minimum atomic E-state index is -0.0375. The first kappa shape index (κ1) is 11.1. The van der Waals surface area contributed by atoms with E-state index in [0.29, 0.717) is 5.92 Å². The van der Waals surface area contributed by atoms with Gasteiger partial charge in [0, 0.05) is 11.0 Å². The van der Waals surface area contributed by atoms with Crippen LogP contribution >= 0.6 is 15.9 Å². The van der Waals surface area contributed by atoms with Gasteiger partial charge in [-0.3, -0.25) is 0 Å². The van der Waals surface area contributed by atoms with Crippen LogP contribution in [0, 0.1) is 5.92 Å². The van der Waals surface area contributed by atoms with Crippen LogP contribution < -0.4 is 5.32 Å². The monoisotopic (exact) mass is 269 g/mol. The molecule has 82 valence electrons. The third-order valence-corrected chi connectivity index (χ3v) is 3.41. The minimum Gasteiger partial charge on any atom is -0.393 e. The van der Waals surface area contributed by atoms with Crippen LogP contribution in [0.25, 0.3) is 0 Å². The van der Waals surface area contributed by atoms with Gasteiger partial charge >= 0.3 is 0 Å². The molecule has 0 aromatic heterocycles. The Labute approximate surface area is 98.8 Å². The van der Waals surface area contributed by atoms with E-state index in [1.165, 1.54) is 5.56 Å². The van der Waals surface area contributed by atoms with Crippen molar-refractivity contribution >= 4 is 15.9 Å². The number of aliphatic hydroxyl groups is 1. The second-order valence-electron chi connectivity index (χ2n) is 4.25. The maximum atomic E-state index is 9.13. The van der Waals surface area contributed by atoms with Crippen molar-refractivity contribution in [1.82, 2.24) is 5.32 Å². The number of halogens is 1. The van der Waals surface area contributed by atoms with Crippen molar-refractivity contribution in [2.24, 2.45) is 5.92 Å². The molecule has 1 aliphatic rings. The Kier molecular flexibility index (Phi) is 3.78. The van der Waals surface area contributed by atoms with Gasteiger partial charge in [-0.15, -0.1) is 0 Å². The predicted molar refractivity (Wildman–Crippen MR) is 64.6 cm³/mol. The van der Waals surface area contributed by atoms with Crippen LogP contribution in [0.15, 0.2) is 28.7 Å². The SMILES string of the molecule is OC1CC(CNCc2ccc(Br)cc2)C1. The van der Waals surface area contributed by atoms with E-state index in [-0.39, 0.29) is 6.10 Å². The highest BCUT2D eigenvalue weighted by molar-refractivity contribution is 9.10. The Morgan fingerprint density at radius 3 is 2.53 bits per heavy atom. The van der Waals surface area contributed by atoms with Gasteiger partial charge in [0.05, 0.1) is 6.10 Å². The van der Waals surface area contributed by atoms with Crippen molar-refractivity contribution in [2.75, 3.05) is 6.54 Å². The molecule has 0 spiro atoms. The summed E-state index contributed by atoms with van der Waals surface area (Å²) in [5, 5.41) is 12.5. The highest BCUT2D eigenvalue weighted by Gasteiger charge is 2.26. The molecule has 1 aliphatic carbocycles. The van der Waals surface area contributed by atoms with Gasteiger partial charge < -0.3 is 10.4 Å². The lowest BCUT2D eigenvalue weighted by Gasteiger charge is -2.31. The first-order valence-electron chi connectivity index (χ1n) is 5.37. The Bertz CT molecular complexity index is 306. The minimum absolute atomic E-state index is 0.0375. The first-order valence-corrected chi connectivity index (χ1v) is 6.16. The predicted octanol–water partition coefficient (Wildman–Crippen LogP) is 2.31. The summed E-state index contributed by atoms with van der Waals surface area (Å²) in [5.41, 5.74) is 1.30. The number of benzene rings is 1. The number of rotatable bonds is 4. The van der Waals surface area contributed by atoms with Crippen molar-refractivity contribution in [3.63, 3.8) is 0 Å². The molecule has 0 radical (unpaired) electrons. The van der Waals surface area contributed by atoms with Crippen LogP contribution in [-0.2, 0) is 6.54 Å². The summed E-state index contributed by atoms with van der Waals surface area (Å²) in [6.07, 6.45) is 1.89. The van der Waals surface area contributed by atoms with Gasteiger partial charge in [-0.25, -0.2) is 0 Å². The van der Waals surface area contributed by atoms with E-state index in [9.17, 15) is 0 Å². The van der Waals surface area contributed by atoms with Gasteiger partial charge in [-0.1, -0.05) is 28.1 Å². The lowest BCUT2D eigenvalue weighted by Crippen LogP contribution is -2.35. The largest absolute Gasteiger partial charge is 0.393 e. The summed E-state index contributed by atoms with van der Waals surface area (Å²) in [6.45, 7) is 1.94. The Morgan fingerprint density at radius 1 is 1.27 bits per heavy atom. The number of nitrogens with one attached hydrogen (secondary N) is 1. The van der Waals surface area contributed by atoms with Crippen LogP contribution in [-0.4, -0.2) is 17.8 Å². The van der Waals surface area contributed by atoms with Crippen LogP contribution in [0.4, 0.5) is 0 Å². The van der Waals surface area contributed by atoms with E-state index < -0.39 is 0 Å². The average Bonchev–Trinajstić information content (AvgIpc) is 2.18. The van der Waals surface area contributed by atoms with Gasteiger partial charge in [0.15, 0.2) is 0 Å². The van der Waals surface area contributed by atoms with Crippen LogP contribution in [0.3, 0.4) is 0 Å². The highest BCUT2D eigenvalue weighted by atomic mass is 79.9. The van der Waals surface area contributed by atoms with Crippen LogP contribution in [0.2, 0.25) is 0 Å². The van der Waals surface area contributed by atoms with Gasteiger partial charge in [0.25, 0.3) is 0 Å². The topological polar surface area (TPSA) is 32.3 Å². The van der Waals surface area contributed by atoms with E-state index in [1.54, 1.807) is 0 Å². The molecule has 0 saturated heterocycles. The third kappa shape index (κ3) is 3.30. The maximum Gasteiger partial charge on any atom is 0.0546 e.